The SMILES string of the molecule is Cc1cc(S(=O)(=NC(N)=O)Nc2ccc(Cl)cc2)cc(C)c1C. The second kappa shape index (κ2) is 6.60. The molecule has 0 saturated heterocycles. The van der Waals surface area contributed by atoms with Crippen molar-refractivity contribution in [2.24, 2.45) is 10.1 Å². The molecule has 0 saturated carbocycles. The molecule has 7 heteroatoms. The van der Waals surface area contributed by atoms with Crippen molar-refractivity contribution in [2.75, 3.05) is 4.72 Å². The van der Waals surface area contributed by atoms with E-state index in [-0.39, 0.29) is 0 Å². The second-order valence-corrected chi connectivity index (χ2v) is 7.59. The number of anilines is 1. The predicted octanol–water partition coefficient (Wildman–Crippen LogP) is 4.20. The van der Waals surface area contributed by atoms with Crippen LogP contribution in [0.15, 0.2) is 45.7 Å². The van der Waals surface area contributed by atoms with E-state index >= 15 is 0 Å². The minimum Gasteiger partial charge on any atom is -0.349 e. The van der Waals surface area contributed by atoms with E-state index < -0.39 is 15.9 Å². The van der Waals surface area contributed by atoms with Crippen LogP contribution in [0.25, 0.3) is 0 Å². The summed E-state index contributed by atoms with van der Waals surface area (Å²) in [6.45, 7) is 5.81. The van der Waals surface area contributed by atoms with Crippen LogP contribution in [0.5, 0.6) is 0 Å². The summed E-state index contributed by atoms with van der Waals surface area (Å²) in [7, 11) is -3.24. The van der Waals surface area contributed by atoms with Gasteiger partial charge in [-0.15, -0.1) is 4.36 Å². The summed E-state index contributed by atoms with van der Waals surface area (Å²) in [5.74, 6) is 0. The molecule has 23 heavy (non-hydrogen) atoms. The lowest BCUT2D eigenvalue weighted by atomic mass is 10.1. The second-order valence-electron chi connectivity index (χ2n) is 5.25. The van der Waals surface area contributed by atoms with Gasteiger partial charge in [0, 0.05) is 10.7 Å². The van der Waals surface area contributed by atoms with Crippen molar-refractivity contribution in [3.05, 3.63) is 58.1 Å². The molecular formula is C16H18ClN3O2S. The minimum absolute atomic E-state index is 0.409. The number of urea groups is 1. The Morgan fingerprint density at radius 1 is 1.13 bits per heavy atom. The third-order valence-corrected chi connectivity index (χ3v) is 5.62. The number of carbonyl (C=O) groups is 1. The van der Waals surface area contributed by atoms with Gasteiger partial charge in [0.25, 0.3) is 0 Å². The highest BCUT2D eigenvalue weighted by Crippen LogP contribution is 2.24. The lowest BCUT2D eigenvalue weighted by Crippen LogP contribution is -2.18. The lowest BCUT2D eigenvalue weighted by molar-refractivity contribution is 0.257. The summed E-state index contributed by atoms with van der Waals surface area (Å²) < 4.78 is 19.7. The summed E-state index contributed by atoms with van der Waals surface area (Å²) in [5.41, 5.74) is 8.71. The maximum absolute atomic E-state index is 13.3. The number of amides is 2. The molecule has 0 spiro atoms. The first kappa shape index (κ1) is 17.3. The van der Waals surface area contributed by atoms with Crippen molar-refractivity contribution < 1.29 is 9.00 Å². The average Bonchev–Trinajstić information content (AvgIpc) is 2.46. The van der Waals surface area contributed by atoms with Gasteiger partial charge in [0.05, 0.1) is 4.90 Å². The van der Waals surface area contributed by atoms with Gasteiger partial charge in [0.15, 0.2) is 9.92 Å². The number of aryl methyl sites for hydroxylation is 2. The Labute approximate surface area is 141 Å². The number of nitrogens with zero attached hydrogens (tertiary/aromatic N) is 1. The van der Waals surface area contributed by atoms with E-state index in [2.05, 4.69) is 9.08 Å². The number of carbonyl (C=O) groups excluding carboxylic acids is 1. The molecule has 5 nitrogen and oxygen atoms in total. The molecule has 0 fully saturated rings. The van der Waals surface area contributed by atoms with Gasteiger partial charge < -0.3 is 5.73 Å². The first-order chi connectivity index (χ1) is 10.7. The zero-order valence-electron chi connectivity index (χ0n) is 13.1. The molecular weight excluding hydrogens is 334 g/mol. The molecule has 0 aliphatic rings. The number of nitrogens with one attached hydrogen (secondary N) is 1. The Morgan fingerprint density at radius 2 is 1.65 bits per heavy atom. The number of primary amides is 1. The molecule has 2 aromatic rings. The Bertz CT molecular complexity index is 846. The summed E-state index contributed by atoms with van der Waals surface area (Å²) in [4.78, 5) is 11.7. The fraction of sp³-hybridized carbons (Fsp3) is 0.188. The maximum atomic E-state index is 13.3. The first-order valence-electron chi connectivity index (χ1n) is 6.89. The number of hydrogen-bond donors (Lipinski definition) is 2. The minimum atomic E-state index is -3.24. The van der Waals surface area contributed by atoms with Crippen molar-refractivity contribution >= 4 is 33.2 Å². The van der Waals surface area contributed by atoms with Crippen LogP contribution in [-0.4, -0.2) is 10.2 Å². The maximum Gasteiger partial charge on any atom is 0.348 e. The van der Waals surface area contributed by atoms with Crippen LogP contribution in [0.2, 0.25) is 5.02 Å². The third kappa shape index (κ3) is 4.03. The van der Waals surface area contributed by atoms with Gasteiger partial charge >= 0.3 is 6.03 Å². The number of nitrogens with two attached hydrogens (primary N) is 1. The Balaban J connectivity index is 2.59. The van der Waals surface area contributed by atoms with E-state index in [1.54, 1.807) is 36.4 Å². The molecule has 1 unspecified atom stereocenters. The van der Waals surface area contributed by atoms with Gasteiger partial charge in [-0.1, -0.05) is 11.6 Å². The molecule has 0 heterocycles. The van der Waals surface area contributed by atoms with Crippen molar-refractivity contribution in [3.63, 3.8) is 0 Å². The zero-order valence-corrected chi connectivity index (χ0v) is 14.7. The lowest BCUT2D eigenvalue weighted by Gasteiger charge is -2.15. The summed E-state index contributed by atoms with van der Waals surface area (Å²) in [5, 5.41) is 0.552. The zero-order chi connectivity index (χ0) is 17.2. The molecule has 1 atom stereocenters. The molecule has 2 amide bonds. The normalized spacial score (nSPS) is 13.2. The quantitative estimate of drug-likeness (QED) is 0.868. The molecule has 2 aromatic carbocycles. The standard InChI is InChI=1S/C16H18ClN3O2S/c1-10-8-15(9-11(2)12(10)3)23(22,20-16(18)21)19-14-6-4-13(17)5-7-14/h4-9H,1-3H3,(H3,18,19,20,21,22). The van der Waals surface area contributed by atoms with Gasteiger partial charge in [-0.05, 0) is 73.9 Å². The van der Waals surface area contributed by atoms with Gasteiger partial charge in [0.2, 0.25) is 0 Å². The van der Waals surface area contributed by atoms with Crippen LogP contribution in [-0.2, 0) is 9.92 Å². The van der Waals surface area contributed by atoms with E-state index in [4.69, 9.17) is 17.3 Å². The monoisotopic (exact) mass is 351 g/mol. The van der Waals surface area contributed by atoms with Gasteiger partial charge in [-0.3, -0.25) is 4.72 Å². The van der Waals surface area contributed by atoms with Crippen molar-refractivity contribution in [2.45, 2.75) is 25.7 Å². The number of rotatable bonds is 3. The Hall–Kier alpha value is -2.05. The van der Waals surface area contributed by atoms with Crippen LogP contribution in [0.1, 0.15) is 16.7 Å². The summed E-state index contributed by atoms with van der Waals surface area (Å²) >= 11 is 5.85. The third-order valence-electron chi connectivity index (χ3n) is 3.54. The van der Waals surface area contributed by atoms with E-state index in [1.165, 1.54) is 0 Å². The van der Waals surface area contributed by atoms with Crippen LogP contribution >= 0.6 is 11.6 Å². The highest BCUT2D eigenvalue weighted by atomic mass is 35.5. The van der Waals surface area contributed by atoms with Crippen LogP contribution in [0.3, 0.4) is 0 Å². The van der Waals surface area contributed by atoms with Gasteiger partial charge in [-0.25, -0.2) is 9.00 Å². The fourth-order valence-electron chi connectivity index (χ4n) is 2.09. The molecule has 2 rings (SSSR count). The van der Waals surface area contributed by atoms with Crippen LogP contribution in [0, 0.1) is 20.8 Å². The van der Waals surface area contributed by atoms with Crippen LogP contribution in [0.4, 0.5) is 10.5 Å². The fourth-order valence-corrected chi connectivity index (χ4v) is 3.87. The largest absolute Gasteiger partial charge is 0.349 e. The number of halogens is 1. The summed E-state index contributed by atoms with van der Waals surface area (Å²) in [6.07, 6.45) is 0. The van der Waals surface area contributed by atoms with Crippen molar-refractivity contribution in [1.82, 2.24) is 0 Å². The van der Waals surface area contributed by atoms with E-state index in [9.17, 15) is 9.00 Å². The van der Waals surface area contributed by atoms with Crippen molar-refractivity contribution in [1.29, 1.82) is 0 Å². The molecule has 0 aliphatic heterocycles. The molecule has 0 aliphatic carbocycles. The molecule has 0 radical (unpaired) electrons. The number of benzene rings is 2. The average molecular weight is 352 g/mol. The first-order valence-corrected chi connectivity index (χ1v) is 8.78. The van der Waals surface area contributed by atoms with Crippen molar-refractivity contribution in [3.8, 4) is 0 Å². The molecule has 0 bridgehead atoms. The smallest absolute Gasteiger partial charge is 0.348 e. The highest BCUT2D eigenvalue weighted by molar-refractivity contribution is 7.95. The molecule has 0 aromatic heterocycles. The van der Waals surface area contributed by atoms with Crippen LogP contribution < -0.4 is 10.5 Å². The Morgan fingerprint density at radius 3 is 2.13 bits per heavy atom. The predicted molar refractivity (Wildman–Crippen MR) is 94.1 cm³/mol. The van der Waals surface area contributed by atoms with E-state index in [0.29, 0.717) is 15.6 Å². The van der Waals surface area contributed by atoms with E-state index in [1.807, 2.05) is 20.8 Å². The molecule has 3 N–H and O–H groups in total. The highest BCUT2D eigenvalue weighted by Gasteiger charge is 2.16. The van der Waals surface area contributed by atoms with E-state index in [0.717, 1.165) is 16.7 Å². The number of hydrogen-bond acceptors (Lipinski definition) is 2. The Kier molecular flexibility index (Phi) is 4.97. The van der Waals surface area contributed by atoms with Gasteiger partial charge in [0.1, 0.15) is 0 Å². The summed E-state index contributed by atoms with van der Waals surface area (Å²) in [6, 6.07) is 9.13. The van der Waals surface area contributed by atoms with Gasteiger partial charge in [-0.2, -0.15) is 0 Å². The molecule has 122 valence electrons. The topological polar surface area (TPSA) is 84.6 Å².